The van der Waals surface area contributed by atoms with Crippen LogP contribution in [0.5, 0.6) is 5.75 Å². The van der Waals surface area contributed by atoms with Gasteiger partial charge in [0, 0.05) is 12.3 Å². The zero-order valence-corrected chi connectivity index (χ0v) is 14.6. The van der Waals surface area contributed by atoms with Gasteiger partial charge >= 0.3 is 6.03 Å². The molecule has 0 radical (unpaired) electrons. The van der Waals surface area contributed by atoms with Crippen molar-refractivity contribution in [3.05, 3.63) is 65.8 Å². The molecule has 0 aliphatic rings. The SMILES string of the molecule is COc1ccnc(COC(N)=C(C)C(=Nc2ccccc2)NC(N)=O)c1. The van der Waals surface area contributed by atoms with Crippen LogP contribution in [0.15, 0.2) is 65.1 Å². The van der Waals surface area contributed by atoms with Gasteiger partial charge in [-0.15, -0.1) is 0 Å². The first-order chi connectivity index (χ1) is 12.5. The average Bonchev–Trinajstić information content (AvgIpc) is 2.65. The largest absolute Gasteiger partial charge is 0.497 e. The highest BCUT2D eigenvalue weighted by Gasteiger charge is 2.11. The van der Waals surface area contributed by atoms with Crippen LogP contribution in [0.4, 0.5) is 10.5 Å². The van der Waals surface area contributed by atoms with Crippen LogP contribution in [-0.4, -0.2) is 24.0 Å². The average molecular weight is 355 g/mol. The van der Waals surface area contributed by atoms with E-state index in [1.807, 2.05) is 18.2 Å². The monoisotopic (exact) mass is 355 g/mol. The summed E-state index contributed by atoms with van der Waals surface area (Å²) in [7, 11) is 1.57. The lowest BCUT2D eigenvalue weighted by molar-refractivity contribution is 0.190. The van der Waals surface area contributed by atoms with Crippen molar-refractivity contribution >= 4 is 17.6 Å². The van der Waals surface area contributed by atoms with E-state index in [-0.39, 0.29) is 18.3 Å². The minimum atomic E-state index is -0.749. The third kappa shape index (κ3) is 5.52. The maximum atomic E-state index is 11.3. The number of aromatic nitrogens is 1. The second-order valence-electron chi connectivity index (χ2n) is 5.25. The highest BCUT2D eigenvalue weighted by molar-refractivity contribution is 6.07. The van der Waals surface area contributed by atoms with Crippen molar-refractivity contribution in [2.75, 3.05) is 7.11 Å². The molecule has 2 aromatic rings. The van der Waals surface area contributed by atoms with Crippen molar-refractivity contribution in [1.82, 2.24) is 10.3 Å². The molecule has 0 bridgehead atoms. The van der Waals surface area contributed by atoms with Gasteiger partial charge in [0.25, 0.3) is 0 Å². The molecule has 136 valence electrons. The summed E-state index contributed by atoms with van der Waals surface area (Å²) in [4.78, 5) is 19.8. The summed E-state index contributed by atoms with van der Waals surface area (Å²) in [5.41, 5.74) is 12.9. The Morgan fingerprint density at radius 3 is 2.62 bits per heavy atom. The van der Waals surface area contributed by atoms with Gasteiger partial charge in [-0.25, -0.2) is 9.79 Å². The van der Waals surface area contributed by atoms with Crippen molar-refractivity contribution in [1.29, 1.82) is 0 Å². The van der Waals surface area contributed by atoms with Crippen molar-refractivity contribution in [2.24, 2.45) is 16.5 Å². The number of benzene rings is 1. The van der Waals surface area contributed by atoms with E-state index < -0.39 is 6.03 Å². The fourth-order valence-corrected chi connectivity index (χ4v) is 1.99. The zero-order valence-electron chi connectivity index (χ0n) is 14.6. The van der Waals surface area contributed by atoms with E-state index >= 15 is 0 Å². The fourth-order valence-electron chi connectivity index (χ4n) is 1.99. The van der Waals surface area contributed by atoms with Crippen LogP contribution in [0.3, 0.4) is 0 Å². The molecule has 8 heteroatoms. The van der Waals surface area contributed by atoms with Crippen LogP contribution in [0.1, 0.15) is 12.6 Å². The Labute approximate surface area is 151 Å². The number of urea groups is 1. The summed E-state index contributed by atoms with van der Waals surface area (Å²) in [6.45, 7) is 1.81. The molecule has 0 saturated carbocycles. The maximum Gasteiger partial charge on any atom is 0.317 e. The van der Waals surface area contributed by atoms with Crippen LogP contribution in [-0.2, 0) is 11.3 Å². The summed E-state index contributed by atoms with van der Waals surface area (Å²) in [6.07, 6.45) is 1.61. The van der Waals surface area contributed by atoms with Crippen molar-refractivity contribution in [3.63, 3.8) is 0 Å². The van der Waals surface area contributed by atoms with Gasteiger partial charge in [-0.2, -0.15) is 0 Å². The number of amidine groups is 1. The highest BCUT2D eigenvalue weighted by Crippen LogP contribution is 2.15. The van der Waals surface area contributed by atoms with Crippen molar-refractivity contribution in [2.45, 2.75) is 13.5 Å². The fraction of sp³-hybridized carbons (Fsp3) is 0.167. The third-order valence-corrected chi connectivity index (χ3v) is 3.36. The minimum absolute atomic E-state index is 0.0954. The van der Waals surface area contributed by atoms with Gasteiger partial charge in [0.05, 0.1) is 24.1 Å². The summed E-state index contributed by atoms with van der Waals surface area (Å²) in [6, 6.07) is 11.8. The van der Waals surface area contributed by atoms with Crippen LogP contribution >= 0.6 is 0 Å². The van der Waals surface area contributed by atoms with Crippen LogP contribution in [0.25, 0.3) is 0 Å². The number of carbonyl (C=O) groups excluding carboxylic acids is 1. The molecular formula is C18H21N5O3. The Hall–Kier alpha value is -3.55. The minimum Gasteiger partial charge on any atom is -0.497 e. The molecule has 0 unspecified atom stereocenters. The van der Waals surface area contributed by atoms with E-state index in [1.165, 1.54) is 0 Å². The number of primary amides is 1. The molecule has 8 nitrogen and oxygen atoms in total. The first kappa shape index (κ1) is 18.8. The number of nitrogens with one attached hydrogen (secondary N) is 1. The number of methoxy groups -OCH3 is 1. The standard InChI is InChI=1S/C18H21N5O3/c1-12(16(19)26-11-14-10-15(25-2)8-9-21-14)17(23-18(20)24)22-13-6-4-3-5-7-13/h3-10H,11,19H2,1-2H3,(H3,20,22,23,24). The number of carbonyl (C=O) groups is 1. The second-order valence-corrected chi connectivity index (χ2v) is 5.25. The molecule has 0 aliphatic heterocycles. The topological polar surface area (TPSA) is 125 Å². The van der Waals surface area contributed by atoms with E-state index in [0.29, 0.717) is 22.7 Å². The Morgan fingerprint density at radius 2 is 1.96 bits per heavy atom. The number of nitrogens with zero attached hydrogens (tertiary/aromatic N) is 2. The lowest BCUT2D eigenvalue weighted by Gasteiger charge is -2.12. The number of amides is 2. The van der Waals surface area contributed by atoms with Crippen molar-refractivity contribution < 1.29 is 14.3 Å². The number of aliphatic imine (C=N–C) groups is 1. The number of ether oxygens (including phenoxy) is 2. The van der Waals surface area contributed by atoms with Gasteiger partial charge < -0.3 is 20.9 Å². The molecule has 0 atom stereocenters. The lowest BCUT2D eigenvalue weighted by Crippen LogP contribution is -2.36. The molecule has 2 amide bonds. The molecule has 26 heavy (non-hydrogen) atoms. The molecule has 0 saturated heterocycles. The summed E-state index contributed by atoms with van der Waals surface area (Å²) in [5, 5.41) is 2.46. The maximum absolute atomic E-state index is 11.3. The summed E-state index contributed by atoms with van der Waals surface area (Å²) in [5.74, 6) is 0.970. The number of para-hydroxylation sites is 1. The third-order valence-electron chi connectivity index (χ3n) is 3.36. The number of hydrogen-bond acceptors (Lipinski definition) is 6. The summed E-state index contributed by atoms with van der Waals surface area (Å²) < 4.78 is 10.7. The number of pyridine rings is 1. The normalized spacial score (nSPS) is 12.2. The molecule has 0 aliphatic carbocycles. The van der Waals surface area contributed by atoms with Gasteiger partial charge in [-0.3, -0.25) is 10.3 Å². The molecule has 1 aromatic carbocycles. The van der Waals surface area contributed by atoms with E-state index in [1.54, 1.807) is 44.5 Å². The number of hydrogen-bond donors (Lipinski definition) is 3. The predicted octanol–water partition coefficient (Wildman–Crippen LogP) is 2.20. The van der Waals surface area contributed by atoms with Gasteiger partial charge in [-0.05, 0) is 25.1 Å². The smallest absolute Gasteiger partial charge is 0.317 e. The lowest BCUT2D eigenvalue weighted by atomic mass is 10.2. The predicted molar refractivity (Wildman–Crippen MR) is 98.7 cm³/mol. The van der Waals surface area contributed by atoms with E-state index in [4.69, 9.17) is 20.9 Å². The quantitative estimate of drug-likeness (QED) is 0.416. The molecule has 5 N–H and O–H groups in total. The molecule has 0 spiro atoms. The Kier molecular flexibility index (Phi) is 6.55. The van der Waals surface area contributed by atoms with E-state index in [0.717, 1.165) is 0 Å². The first-order valence-corrected chi connectivity index (χ1v) is 7.78. The Bertz CT molecular complexity index is 819. The van der Waals surface area contributed by atoms with Crippen LogP contribution < -0.4 is 21.5 Å². The molecular weight excluding hydrogens is 334 g/mol. The molecule has 1 aromatic heterocycles. The van der Waals surface area contributed by atoms with Crippen LogP contribution in [0, 0.1) is 0 Å². The first-order valence-electron chi connectivity index (χ1n) is 7.78. The van der Waals surface area contributed by atoms with Crippen LogP contribution in [0.2, 0.25) is 0 Å². The number of nitrogens with two attached hydrogens (primary N) is 2. The van der Waals surface area contributed by atoms with Gasteiger partial charge in [0.2, 0.25) is 0 Å². The van der Waals surface area contributed by atoms with E-state index in [9.17, 15) is 4.79 Å². The molecule has 1 heterocycles. The van der Waals surface area contributed by atoms with Gasteiger partial charge in [-0.1, -0.05) is 18.2 Å². The highest BCUT2D eigenvalue weighted by atomic mass is 16.5. The molecule has 2 rings (SSSR count). The summed E-state index contributed by atoms with van der Waals surface area (Å²) >= 11 is 0. The second kappa shape index (κ2) is 9.07. The Balaban J connectivity index is 2.20. The van der Waals surface area contributed by atoms with E-state index in [2.05, 4.69) is 15.3 Å². The van der Waals surface area contributed by atoms with Gasteiger partial charge in [0.15, 0.2) is 5.88 Å². The zero-order chi connectivity index (χ0) is 18.9. The Morgan fingerprint density at radius 1 is 1.23 bits per heavy atom. The number of rotatable bonds is 6. The molecule has 0 fully saturated rings. The van der Waals surface area contributed by atoms with Crippen molar-refractivity contribution in [3.8, 4) is 5.75 Å². The van der Waals surface area contributed by atoms with Gasteiger partial charge in [0.1, 0.15) is 18.2 Å².